The Balaban J connectivity index is 2.03. The van der Waals surface area contributed by atoms with Gasteiger partial charge in [0.05, 0.1) is 5.54 Å². The summed E-state index contributed by atoms with van der Waals surface area (Å²) in [6.45, 7) is 4.08. The maximum atomic E-state index is 12.3. The highest BCUT2D eigenvalue weighted by Crippen LogP contribution is 2.27. The fourth-order valence-corrected chi connectivity index (χ4v) is 2.84. The van der Waals surface area contributed by atoms with E-state index in [0.29, 0.717) is 0 Å². The number of benzene rings is 1. The number of hydrogen-bond acceptors (Lipinski definition) is 1. The fourth-order valence-electron chi connectivity index (χ4n) is 2.71. The maximum Gasteiger partial charge on any atom is 0.223 e. The zero-order valence-corrected chi connectivity index (χ0v) is 12.5. The average Bonchev–Trinajstić information content (AvgIpc) is 2.40. The van der Waals surface area contributed by atoms with Crippen LogP contribution >= 0.6 is 11.6 Å². The SMILES string of the molecule is CC(C)(NC(=O)C1CCCCC1)c1ccc(Cl)cc1. The van der Waals surface area contributed by atoms with Crippen molar-refractivity contribution in [2.45, 2.75) is 51.5 Å². The van der Waals surface area contributed by atoms with Crippen molar-refractivity contribution in [1.29, 1.82) is 0 Å². The fraction of sp³-hybridized carbons (Fsp3) is 0.562. The molecule has 1 aliphatic rings. The molecule has 0 bridgehead atoms. The molecule has 0 aliphatic heterocycles. The molecule has 3 heteroatoms. The lowest BCUT2D eigenvalue weighted by molar-refractivity contribution is -0.127. The summed E-state index contributed by atoms with van der Waals surface area (Å²) in [4.78, 5) is 12.3. The number of carbonyl (C=O) groups excluding carboxylic acids is 1. The van der Waals surface area contributed by atoms with E-state index in [0.717, 1.165) is 23.4 Å². The van der Waals surface area contributed by atoms with Crippen molar-refractivity contribution in [2.75, 3.05) is 0 Å². The van der Waals surface area contributed by atoms with Crippen LogP contribution in [0.5, 0.6) is 0 Å². The molecule has 0 saturated heterocycles. The second kappa shape index (κ2) is 5.96. The van der Waals surface area contributed by atoms with Crippen LogP contribution in [0.3, 0.4) is 0 Å². The van der Waals surface area contributed by atoms with Gasteiger partial charge in [-0.15, -0.1) is 0 Å². The van der Waals surface area contributed by atoms with Crippen LogP contribution in [0.25, 0.3) is 0 Å². The molecule has 1 fully saturated rings. The van der Waals surface area contributed by atoms with Gasteiger partial charge in [-0.05, 0) is 44.4 Å². The third-order valence-corrected chi connectivity index (χ3v) is 4.23. The van der Waals surface area contributed by atoms with Crippen molar-refractivity contribution < 1.29 is 4.79 Å². The van der Waals surface area contributed by atoms with Gasteiger partial charge in [0.25, 0.3) is 0 Å². The molecule has 2 rings (SSSR count). The van der Waals surface area contributed by atoms with Crippen LogP contribution in [0.1, 0.15) is 51.5 Å². The average molecular weight is 280 g/mol. The molecule has 19 heavy (non-hydrogen) atoms. The minimum Gasteiger partial charge on any atom is -0.347 e. The molecule has 0 aromatic heterocycles. The number of amides is 1. The lowest BCUT2D eigenvalue weighted by Gasteiger charge is -2.30. The van der Waals surface area contributed by atoms with Crippen molar-refractivity contribution >= 4 is 17.5 Å². The standard InChI is InChI=1S/C16H22ClNO/c1-16(2,13-8-10-14(17)11-9-13)18-15(19)12-6-4-3-5-7-12/h8-12H,3-7H2,1-2H3,(H,18,19). The summed E-state index contributed by atoms with van der Waals surface area (Å²) in [7, 11) is 0. The highest BCUT2D eigenvalue weighted by atomic mass is 35.5. The molecule has 0 radical (unpaired) electrons. The van der Waals surface area contributed by atoms with Crippen molar-refractivity contribution in [3.8, 4) is 0 Å². The largest absolute Gasteiger partial charge is 0.347 e. The lowest BCUT2D eigenvalue weighted by atomic mass is 9.87. The third-order valence-electron chi connectivity index (χ3n) is 3.98. The van der Waals surface area contributed by atoms with Crippen LogP contribution in [0.2, 0.25) is 5.02 Å². The Morgan fingerprint density at radius 2 is 1.74 bits per heavy atom. The van der Waals surface area contributed by atoms with Gasteiger partial charge in [-0.1, -0.05) is 43.0 Å². The van der Waals surface area contributed by atoms with Gasteiger partial charge >= 0.3 is 0 Å². The molecule has 1 aromatic rings. The highest BCUT2D eigenvalue weighted by Gasteiger charge is 2.28. The Kier molecular flexibility index (Phi) is 4.51. The van der Waals surface area contributed by atoms with E-state index in [9.17, 15) is 4.79 Å². The predicted octanol–water partition coefficient (Wildman–Crippen LogP) is 4.27. The molecule has 1 amide bonds. The van der Waals surface area contributed by atoms with Gasteiger partial charge in [-0.2, -0.15) is 0 Å². The molecule has 104 valence electrons. The zero-order chi connectivity index (χ0) is 13.9. The summed E-state index contributed by atoms with van der Waals surface area (Å²) in [6.07, 6.45) is 5.69. The normalized spacial score (nSPS) is 17.2. The van der Waals surface area contributed by atoms with Crippen LogP contribution in [0.15, 0.2) is 24.3 Å². The molecule has 0 unspecified atom stereocenters. The smallest absolute Gasteiger partial charge is 0.223 e. The van der Waals surface area contributed by atoms with E-state index in [4.69, 9.17) is 11.6 Å². The Morgan fingerprint density at radius 3 is 2.32 bits per heavy atom. The minimum atomic E-state index is -0.348. The summed E-state index contributed by atoms with van der Waals surface area (Å²) < 4.78 is 0. The molecule has 0 atom stereocenters. The van der Waals surface area contributed by atoms with Crippen LogP contribution in [0.4, 0.5) is 0 Å². The first kappa shape index (κ1) is 14.4. The molecule has 1 aromatic carbocycles. The van der Waals surface area contributed by atoms with Gasteiger partial charge in [-0.3, -0.25) is 4.79 Å². The molecule has 1 aliphatic carbocycles. The van der Waals surface area contributed by atoms with Gasteiger partial charge in [0, 0.05) is 10.9 Å². The summed E-state index contributed by atoms with van der Waals surface area (Å²) in [6, 6.07) is 7.68. The first-order valence-corrected chi connectivity index (χ1v) is 7.45. The van der Waals surface area contributed by atoms with Crippen molar-refractivity contribution in [1.82, 2.24) is 5.32 Å². The molecule has 0 heterocycles. The van der Waals surface area contributed by atoms with Crippen LogP contribution in [-0.2, 0) is 10.3 Å². The van der Waals surface area contributed by atoms with E-state index in [1.165, 1.54) is 19.3 Å². The van der Waals surface area contributed by atoms with Crippen LogP contribution in [-0.4, -0.2) is 5.91 Å². The van der Waals surface area contributed by atoms with Gasteiger partial charge in [0.15, 0.2) is 0 Å². The second-order valence-electron chi connectivity index (χ2n) is 5.96. The molecule has 2 nitrogen and oxygen atoms in total. The number of nitrogens with one attached hydrogen (secondary N) is 1. The second-order valence-corrected chi connectivity index (χ2v) is 6.39. The van der Waals surface area contributed by atoms with Gasteiger partial charge in [-0.25, -0.2) is 0 Å². The van der Waals surface area contributed by atoms with Crippen molar-refractivity contribution in [3.63, 3.8) is 0 Å². The van der Waals surface area contributed by atoms with E-state index in [-0.39, 0.29) is 17.4 Å². The van der Waals surface area contributed by atoms with Gasteiger partial charge in [0.1, 0.15) is 0 Å². The lowest BCUT2D eigenvalue weighted by Crippen LogP contribution is -2.44. The van der Waals surface area contributed by atoms with Gasteiger partial charge in [0.2, 0.25) is 5.91 Å². The quantitative estimate of drug-likeness (QED) is 0.879. The molecule has 1 N–H and O–H groups in total. The molecular formula is C16H22ClNO. The monoisotopic (exact) mass is 279 g/mol. The summed E-state index contributed by atoms with van der Waals surface area (Å²) in [5, 5.41) is 3.90. The Hall–Kier alpha value is -1.02. The van der Waals surface area contributed by atoms with Crippen molar-refractivity contribution in [2.24, 2.45) is 5.92 Å². The van der Waals surface area contributed by atoms with Crippen LogP contribution in [0, 0.1) is 5.92 Å². The van der Waals surface area contributed by atoms with E-state index in [2.05, 4.69) is 5.32 Å². The first-order valence-electron chi connectivity index (χ1n) is 7.07. The first-order chi connectivity index (χ1) is 8.99. The molecule has 0 spiro atoms. The summed E-state index contributed by atoms with van der Waals surface area (Å²) >= 11 is 5.90. The predicted molar refractivity (Wildman–Crippen MR) is 79.2 cm³/mol. The minimum absolute atomic E-state index is 0.194. The molecular weight excluding hydrogens is 258 g/mol. The number of rotatable bonds is 3. The Labute approximate surface area is 120 Å². The number of carbonyl (C=O) groups is 1. The highest BCUT2D eigenvalue weighted by molar-refractivity contribution is 6.30. The van der Waals surface area contributed by atoms with E-state index < -0.39 is 0 Å². The van der Waals surface area contributed by atoms with E-state index >= 15 is 0 Å². The molecule has 1 saturated carbocycles. The summed E-state index contributed by atoms with van der Waals surface area (Å²) in [5.41, 5.74) is 0.736. The third kappa shape index (κ3) is 3.73. The Bertz CT molecular complexity index is 433. The van der Waals surface area contributed by atoms with Gasteiger partial charge < -0.3 is 5.32 Å². The Morgan fingerprint density at radius 1 is 1.16 bits per heavy atom. The number of halogens is 1. The topological polar surface area (TPSA) is 29.1 Å². The summed E-state index contributed by atoms with van der Waals surface area (Å²) in [5.74, 6) is 0.389. The van der Waals surface area contributed by atoms with E-state index in [1.807, 2.05) is 38.1 Å². The zero-order valence-electron chi connectivity index (χ0n) is 11.7. The maximum absolute atomic E-state index is 12.3. The number of hydrogen-bond donors (Lipinski definition) is 1. The van der Waals surface area contributed by atoms with Crippen molar-refractivity contribution in [3.05, 3.63) is 34.9 Å². The van der Waals surface area contributed by atoms with E-state index in [1.54, 1.807) is 0 Å². The van der Waals surface area contributed by atoms with Crippen LogP contribution < -0.4 is 5.32 Å².